The SMILES string of the molecule is C=C1CC(=O)c2cc(-c3ccc4c(c3)C(=O)CC4=O)ccc21.CC. The molecule has 0 radical (unpaired) electrons. The molecule has 2 aliphatic rings. The van der Waals surface area contributed by atoms with Crippen LogP contribution in [-0.4, -0.2) is 17.3 Å². The maximum atomic E-state index is 12.0. The lowest BCUT2D eigenvalue weighted by atomic mass is 9.97. The molecule has 0 bridgehead atoms. The lowest BCUT2D eigenvalue weighted by molar-refractivity contribution is 0.0921. The molecule has 3 nitrogen and oxygen atoms in total. The summed E-state index contributed by atoms with van der Waals surface area (Å²) in [5.74, 6) is -0.172. The predicted molar refractivity (Wildman–Crippen MR) is 94.5 cm³/mol. The van der Waals surface area contributed by atoms with Gasteiger partial charge in [0.05, 0.1) is 6.42 Å². The standard InChI is InChI=1S/C19H12O3.C2H6/c1-10-6-17(20)15-7-11(2-4-13(10)15)12-3-5-14-16(8-12)19(22)9-18(14)21;1-2/h2-5,7-8H,1,6,9H2;1-2H3. The van der Waals surface area contributed by atoms with Gasteiger partial charge < -0.3 is 0 Å². The van der Waals surface area contributed by atoms with E-state index in [0.717, 1.165) is 22.3 Å². The van der Waals surface area contributed by atoms with Crippen molar-refractivity contribution in [1.29, 1.82) is 0 Å². The molecule has 2 aromatic carbocycles. The first-order valence-corrected chi connectivity index (χ1v) is 8.11. The number of Topliss-reactive ketones (excluding diaryl/α,β-unsaturated/α-hetero) is 3. The summed E-state index contributed by atoms with van der Waals surface area (Å²) in [5.41, 5.74) is 5.14. The molecule has 0 heterocycles. The van der Waals surface area contributed by atoms with E-state index in [4.69, 9.17) is 0 Å². The minimum atomic E-state index is -0.132. The van der Waals surface area contributed by atoms with Crippen molar-refractivity contribution in [2.75, 3.05) is 0 Å². The van der Waals surface area contributed by atoms with Crippen LogP contribution in [0.1, 0.15) is 63.3 Å². The number of rotatable bonds is 1. The molecule has 0 amide bonds. The van der Waals surface area contributed by atoms with Crippen molar-refractivity contribution in [2.45, 2.75) is 26.7 Å². The van der Waals surface area contributed by atoms with E-state index in [-0.39, 0.29) is 23.8 Å². The van der Waals surface area contributed by atoms with Crippen molar-refractivity contribution in [3.8, 4) is 11.1 Å². The maximum Gasteiger partial charge on any atom is 0.171 e. The zero-order valence-corrected chi connectivity index (χ0v) is 13.8. The van der Waals surface area contributed by atoms with Gasteiger partial charge in [-0.1, -0.05) is 44.7 Å². The molecule has 120 valence electrons. The van der Waals surface area contributed by atoms with Gasteiger partial charge >= 0.3 is 0 Å². The first-order valence-electron chi connectivity index (χ1n) is 8.11. The van der Waals surface area contributed by atoms with Gasteiger partial charge in [0.2, 0.25) is 0 Å². The molecule has 4 rings (SSSR count). The average molecular weight is 318 g/mol. The van der Waals surface area contributed by atoms with Crippen LogP contribution in [0.2, 0.25) is 0 Å². The van der Waals surface area contributed by atoms with E-state index in [1.807, 2.05) is 38.1 Å². The van der Waals surface area contributed by atoms with Gasteiger partial charge in [-0.25, -0.2) is 0 Å². The quantitative estimate of drug-likeness (QED) is 0.713. The molecule has 0 atom stereocenters. The van der Waals surface area contributed by atoms with Crippen molar-refractivity contribution < 1.29 is 14.4 Å². The van der Waals surface area contributed by atoms with Gasteiger partial charge in [0.1, 0.15) is 0 Å². The van der Waals surface area contributed by atoms with E-state index < -0.39 is 0 Å². The molecule has 0 saturated carbocycles. The third-order valence-corrected chi connectivity index (χ3v) is 4.35. The van der Waals surface area contributed by atoms with Crippen LogP contribution < -0.4 is 0 Å². The topological polar surface area (TPSA) is 51.2 Å². The van der Waals surface area contributed by atoms with Gasteiger partial charge in [0.15, 0.2) is 17.3 Å². The van der Waals surface area contributed by atoms with Crippen LogP contribution in [0.3, 0.4) is 0 Å². The minimum Gasteiger partial charge on any atom is -0.294 e. The zero-order valence-electron chi connectivity index (χ0n) is 13.8. The van der Waals surface area contributed by atoms with Crippen molar-refractivity contribution in [3.63, 3.8) is 0 Å². The summed E-state index contributed by atoms with van der Waals surface area (Å²) in [6.45, 7) is 7.91. The van der Waals surface area contributed by atoms with Gasteiger partial charge in [0.25, 0.3) is 0 Å². The number of carbonyl (C=O) groups excluding carboxylic acids is 3. The molecule has 0 spiro atoms. The molecule has 0 aliphatic heterocycles. The molecular weight excluding hydrogens is 300 g/mol. The summed E-state index contributed by atoms with van der Waals surface area (Å²) >= 11 is 0. The predicted octanol–water partition coefficient (Wildman–Crippen LogP) is 4.75. The molecule has 2 aromatic rings. The van der Waals surface area contributed by atoms with Crippen LogP contribution in [0.25, 0.3) is 16.7 Å². The number of carbonyl (C=O) groups is 3. The van der Waals surface area contributed by atoms with Crippen LogP contribution in [0.15, 0.2) is 43.0 Å². The molecule has 2 aliphatic carbocycles. The lowest BCUT2D eigenvalue weighted by Gasteiger charge is -2.06. The van der Waals surface area contributed by atoms with Gasteiger partial charge in [-0.2, -0.15) is 0 Å². The summed E-state index contributed by atoms with van der Waals surface area (Å²) in [5, 5.41) is 0. The van der Waals surface area contributed by atoms with Crippen LogP contribution in [-0.2, 0) is 0 Å². The number of benzene rings is 2. The number of ketones is 3. The molecule has 24 heavy (non-hydrogen) atoms. The fourth-order valence-corrected chi connectivity index (χ4v) is 3.18. The van der Waals surface area contributed by atoms with E-state index in [2.05, 4.69) is 6.58 Å². The number of hydrogen-bond acceptors (Lipinski definition) is 3. The Balaban J connectivity index is 0.000000815. The third-order valence-electron chi connectivity index (χ3n) is 4.35. The normalized spacial score (nSPS) is 15.1. The van der Waals surface area contributed by atoms with Crippen molar-refractivity contribution >= 4 is 22.9 Å². The van der Waals surface area contributed by atoms with Crippen LogP contribution in [0, 0.1) is 0 Å². The Bertz CT molecular complexity index is 828. The first-order chi connectivity index (χ1) is 11.5. The summed E-state index contributed by atoms with van der Waals surface area (Å²) in [7, 11) is 0. The minimum absolute atomic E-state index is 0.0404. The van der Waals surface area contributed by atoms with Crippen molar-refractivity contribution in [3.05, 3.63) is 65.2 Å². The number of fused-ring (bicyclic) bond motifs is 2. The summed E-state index contributed by atoms with van der Waals surface area (Å²) < 4.78 is 0. The average Bonchev–Trinajstić information content (AvgIpc) is 3.05. The molecular formula is C21H18O3. The van der Waals surface area contributed by atoms with E-state index in [1.54, 1.807) is 12.1 Å². The van der Waals surface area contributed by atoms with E-state index in [0.29, 0.717) is 23.1 Å². The maximum absolute atomic E-state index is 12.0. The number of hydrogen-bond donors (Lipinski definition) is 0. The Morgan fingerprint density at radius 3 is 1.75 bits per heavy atom. The highest BCUT2D eigenvalue weighted by molar-refractivity contribution is 6.24. The molecule has 3 heteroatoms. The Morgan fingerprint density at radius 2 is 1.12 bits per heavy atom. The van der Waals surface area contributed by atoms with Crippen molar-refractivity contribution in [1.82, 2.24) is 0 Å². The Hall–Kier alpha value is -2.81. The smallest absolute Gasteiger partial charge is 0.171 e. The summed E-state index contributed by atoms with van der Waals surface area (Å²) in [4.78, 5) is 35.5. The Labute approximate surface area is 141 Å². The van der Waals surface area contributed by atoms with Gasteiger partial charge in [-0.15, -0.1) is 0 Å². The summed E-state index contributed by atoms with van der Waals surface area (Å²) in [6, 6.07) is 10.9. The molecule has 0 aromatic heterocycles. The molecule has 0 fully saturated rings. The second-order valence-electron chi connectivity index (χ2n) is 5.75. The van der Waals surface area contributed by atoms with Gasteiger partial charge in [0, 0.05) is 23.1 Å². The second-order valence-corrected chi connectivity index (χ2v) is 5.75. The lowest BCUT2D eigenvalue weighted by Crippen LogP contribution is -1.94. The fourth-order valence-electron chi connectivity index (χ4n) is 3.18. The van der Waals surface area contributed by atoms with Crippen LogP contribution in [0.5, 0.6) is 0 Å². The molecule has 0 saturated heterocycles. The summed E-state index contributed by atoms with van der Waals surface area (Å²) in [6.07, 6.45) is 0.331. The Morgan fingerprint density at radius 1 is 0.667 bits per heavy atom. The van der Waals surface area contributed by atoms with Crippen LogP contribution >= 0.6 is 0 Å². The molecule has 0 unspecified atom stereocenters. The number of allylic oxidation sites excluding steroid dienone is 1. The Kier molecular flexibility index (Phi) is 4.02. The van der Waals surface area contributed by atoms with Crippen LogP contribution in [0.4, 0.5) is 0 Å². The highest BCUT2D eigenvalue weighted by atomic mass is 16.2. The second kappa shape index (κ2) is 6.00. The van der Waals surface area contributed by atoms with E-state index in [9.17, 15) is 14.4 Å². The van der Waals surface area contributed by atoms with Gasteiger partial charge in [-0.05, 0) is 34.4 Å². The largest absolute Gasteiger partial charge is 0.294 e. The van der Waals surface area contributed by atoms with E-state index in [1.165, 1.54) is 0 Å². The van der Waals surface area contributed by atoms with Gasteiger partial charge in [-0.3, -0.25) is 14.4 Å². The third kappa shape index (κ3) is 2.42. The monoisotopic (exact) mass is 318 g/mol. The first kappa shape index (κ1) is 16.1. The van der Waals surface area contributed by atoms with Crippen molar-refractivity contribution in [2.24, 2.45) is 0 Å². The zero-order chi connectivity index (χ0) is 17.4. The highest BCUT2D eigenvalue weighted by Crippen LogP contribution is 2.35. The molecule has 0 N–H and O–H groups in total. The van der Waals surface area contributed by atoms with E-state index >= 15 is 0 Å². The fraction of sp³-hybridized carbons (Fsp3) is 0.190. The highest BCUT2D eigenvalue weighted by Gasteiger charge is 2.28.